The van der Waals surface area contributed by atoms with Gasteiger partial charge in [-0.2, -0.15) is 0 Å². The van der Waals surface area contributed by atoms with Crippen molar-refractivity contribution in [1.29, 1.82) is 0 Å². The van der Waals surface area contributed by atoms with Crippen LogP contribution in [0.15, 0.2) is 46.9 Å². The molecule has 1 heterocycles. The van der Waals surface area contributed by atoms with Gasteiger partial charge in [0, 0.05) is 15.2 Å². The first-order valence-electron chi connectivity index (χ1n) is 5.77. The molecule has 0 aromatic heterocycles. The average molecular weight is 338 g/mol. The molecule has 0 radical (unpaired) electrons. The number of carbonyl (C=O) groups excluding carboxylic acids is 1. The van der Waals surface area contributed by atoms with Crippen LogP contribution in [-0.2, 0) is 4.79 Å². The number of rotatable bonds is 1. The molecule has 1 amide bonds. The van der Waals surface area contributed by atoms with Gasteiger partial charge in [-0.15, -0.1) is 0 Å². The van der Waals surface area contributed by atoms with E-state index in [0.29, 0.717) is 5.02 Å². The molecule has 0 saturated carbocycles. The maximum absolute atomic E-state index is 12.2. The molecule has 5 heteroatoms. The summed E-state index contributed by atoms with van der Waals surface area (Å²) in [6.45, 7) is 0.289. The summed E-state index contributed by atoms with van der Waals surface area (Å²) in [5.41, 5.74) is 2.60. The molecule has 0 fully saturated rings. The zero-order chi connectivity index (χ0) is 13.4. The van der Waals surface area contributed by atoms with Crippen molar-refractivity contribution in [3.8, 4) is 0 Å². The summed E-state index contributed by atoms with van der Waals surface area (Å²) >= 11 is 9.32. The highest BCUT2D eigenvalue weighted by atomic mass is 79.9. The first kappa shape index (κ1) is 12.5. The van der Waals surface area contributed by atoms with Gasteiger partial charge < -0.3 is 5.32 Å². The van der Waals surface area contributed by atoms with Crippen LogP contribution in [0.25, 0.3) is 0 Å². The van der Waals surface area contributed by atoms with E-state index in [4.69, 9.17) is 11.6 Å². The van der Waals surface area contributed by atoms with Gasteiger partial charge in [0.1, 0.15) is 0 Å². The minimum atomic E-state index is 0.00734. The Hall–Kier alpha value is -1.52. The molecule has 0 atom stereocenters. The Kier molecular flexibility index (Phi) is 3.21. The van der Waals surface area contributed by atoms with Gasteiger partial charge in [-0.25, -0.2) is 0 Å². The molecule has 2 aromatic carbocycles. The minimum Gasteiger partial charge on any atom is -0.374 e. The SMILES string of the molecule is O=C1CNc2ccc(Br)cc2N1c1ccc(Cl)cc1. The predicted octanol–water partition coefficient (Wildman–Crippen LogP) is 4.19. The number of fused-ring (bicyclic) bond motifs is 1. The second-order valence-corrected chi connectivity index (χ2v) is 5.57. The fourth-order valence-corrected chi connectivity index (χ4v) is 2.57. The Morgan fingerprint density at radius 2 is 1.89 bits per heavy atom. The zero-order valence-electron chi connectivity index (χ0n) is 9.86. The van der Waals surface area contributed by atoms with Crippen LogP contribution in [0.4, 0.5) is 17.1 Å². The lowest BCUT2D eigenvalue weighted by molar-refractivity contribution is -0.116. The van der Waals surface area contributed by atoms with Crippen LogP contribution in [-0.4, -0.2) is 12.5 Å². The molecular weight excluding hydrogens is 328 g/mol. The van der Waals surface area contributed by atoms with Crippen molar-refractivity contribution < 1.29 is 4.79 Å². The number of amides is 1. The predicted molar refractivity (Wildman–Crippen MR) is 81.2 cm³/mol. The average Bonchev–Trinajstić information content (AvgIpc) is 2.40. The summed E-state index contributed by atoms with van der Waals surface area (Å²) in [5, 5.41) is 3.77. The van der Waals surface area contributed by atoms with Crippen molar-refractivity contribution in [2.75, 3.05) is 16.8 Å². The Morgan fingerprint density at radius 1 is 1.16 bits per heavy atom. The van der Waals surface area contributed by atoms with Gasteiger partial charge in [-0.05, 0) is 42.5 Å². The van der Waals surface area contributed by atoms with Gasteiger partial charge in [0.05, 0.1) is 17.9 Å². The monoisotopic (exact) mass is 336 g/mol. The molecule has 0 spiro atoms. The molecule has 0 aliphatic carbocycles. The summed E-state index contributed by atoms with van der Waals surface area (Å²) in [5.74, 6) is 0.00734. The molecule has 0 unspecified atom stereocenters. The number of anilines is 3. The highest BCUT2D eigenvalue weighted by molar-refractivity contribution is 9.10. The molecule has 1 aliphatic heterocycles. The van der Waals surface area contributed by atoms with E-state index in [0.717, 1.165) is 21.5 Å². The third-order valence-electron chi connectivity index (χ3n) is 2.96. The number of halogens is 2. The standard InChI is InChI=1S/C14H10BrClN2O/c15-9-1-6-12-13(7-9)18(14(19)8-17-12)11-4-2-10(16)3-5-11/h1-7,17H,8H2. The Bertz CT molecular complexity index is 642. The zero-order valence-corrected chi connectivity index (χ0v) is 12.2. The fourth-order valence-electron chi connectivity index (χ4n) is 2.10. The van der Waals surface area contributed by atoms with E-state index in [1.165, 1.54) is 0 Å². The van der Waals surface area contributed by atoms with Crippen molar-refractivity contribution in [1.82, 2.24) is 0 Å². The summed E-state index contributed by atoms with van der Waals surface area (Å²) in [6.07, 6.45) is 0. The van der Waals surface area contributed by atoms with Gasteiger partial charge in [0.2, 0.25) is 0 Å². The maximum atomic E-state index is 12.2. The molecule has 19 heavy (non-hydrogen) atoms. The topological polar surface area (TPSA) is 32.3 Å². The summed E-state index contributed by atoms with van der Waals surface area (Å²) in [7, 11) is 0. The Morgan fingerprint density at radius 3 is 2.63 bits per heavy atom. The van der Waals surface area contributed by atoms with Gasteiger partial charge in [-0.3, -0.25) is 9.69 Å². The molecule has 1 N–H and O–H groups in total. The molecule has 0 bridgehead atoms. The van der Waals surface area contributed by atoms with Crippen LogP contribution in [0.2, 0.25) is 5.02 Å². The smallest absolute Gasteiger partial charge is 0.250 e. The third kappa shape index (κ3) is 2.33. The van der Waals surface area contributed by atoms with E-state index in [1.807, 2.05) is 30.3 Å². The Labute approximate surface area is 124 Å². The molecular formula is C14H10BrClN2O. The number of nitrogens with one attached hydrogen (secondary N) is 1. The molecule has 0 saturated heterocycles. The first-order chi connectivity index (χ1) is 9.15. The number of carbonyl (C=O) groups is 1. The number of hydrogen-bond acceptors (Lipinski definition) is 2. The van der Waals surface area contributed by atoms with E-state index in [2.05, 4.69) is 21.2 Å². The summed E-state index contributed by atoms with van der Waals surface area (Å²) in [4.78, 5) is 13.9. The number of nitrogens with zero attached hydrogens (tertiary/aromatic N) is 1. The second-order valence-electron chi connectivity index (χ2n) is 4.22. The number of hydrogen-bond donors (Lipinski definition) is 1. The molecule has 96 valence electrons. The van der Waals surface area contributed by atoms with Gasteiger partial charge >= 0.3 is 0 Å². The quantitative estimate of drug-likeness (QED) is 0.846. The Balaban J connectivity index is 2.12. The normalized spacial score (nSPS) is 14.0. The van der Waals surface area contributed by atoms with Crippen molar-refractivity contribution in [2.45, 2.75) is 0 Å². The van der Waals surface area contributed by atoms with Crippen LogP contribution < -0.4 is 10.2 Å². The van der Waals surface area contributed by atoms with Gasteiger partial charge in [0.15, 0.2) is 0 Å². The lowest BCUT2D eigenvalue weighted by Gasteiger charge is -2.30. The second kappa shape index (κ2) is 4.87. The minimum absolute atomic E-state index is 0.00734. The van der Waals surface area contributed by atoms with Crippen LogP contribution in [0.3, 0.4) is 0 Å². The van der Waals surface area contributed by atoms with Crippen LogP contribution in [0, 0.1) is 0 Å². The maximum Gasteiger partial charge on any atom is 0.250 e. The van der Waals surface area contributed by atoms with E-state index < -0.39 is 0 Å². The first-order valence-corrected chi connectivity index (χ1v) is 6.94. The van der Waals surface area contributed by atoms with E-state index in [-0.39, 0.29) is 12.5 Å². The van der Waals surface area contributed by atoms with E-state index in [1.54, 1.807) is 17.0 Å². The molecule has 1 aliphatic rings. The molecule has 3 nitrogen and oxygen atoms in total. The highest BCUT2D eigenvalue weighted by Gasteiger charge is 2.25. The van der Waals surface area contributed by atoms with Crippen LogP contribution in [0.1, 0.15) is 0 Å². The van der Waals surface area contributed by atoms with Crippen molar-refractivity contribution in [3.63, 3.8) is 0 Å². The fraction of sp³-hybridized carbons (Fsp3) is 0.0714. The van der Waals surface area contributed by atoms with Crippen molar-refractivity contribution in [3.05, 3.63) is 52.0 Å². The molecule has 3 rings (SSSR count). The lowest BCUT2D eigenvalue weighted by atomic mass is 10.1. The third-order valence-corrected chi connectivity index (χ3v) is 3.71. The van der Waals surface area contributed by atoms with Crippen LogP contribution in [0.5, 0.6) is 0 Å². The van der Waals surface area contributed by atoms with E-state index in [9.17, 15) is 4.79 Å². The van der Waals surface area contributed by atoms with Gasteiger partial charge in [-0.1, -0.05) is 27.5 Å². The largest absolute Gasteiger partial charge is 0.374 e. The summed E-state index contributed by atoms with van der Waals surface area (Å²) < 4.78 is 0.932. The van der Waals surface area contributed by atoms with Crippen molar-refractivity contribution in [2.24, 2.45) is 0 Å². The summed E-state index contributed by atoms with van der Waals surface area (Å²) in [6, 6.07) is 13.1. The highest BCUT2D eigenvalue weighted by Crippen LogP contribution is 2.37. The van der Waals surface area contributed by atoms with Gasteiger partial charge in [0.25, 0.3) is 5.91 Å². The lowest BCUT2D eigenvalue weighted by Crippen LogP contribution is -2.36. The van der Waals surface area contributed by atoms with E-state index >= 15 is 0 Å². The van der Waals surface area contributed by atoms with Crippen LogP contribution >= 0.6 is 27.5 Å². The van der Waals surface area contributed by atoms with Crippen molar-refractivity contribution >= 4 is 50.5 Å². The molecule has 2 aromatic rings. The number of benzene rings is 2.